The van der Waals surface area contributed by atoms with Crippen molar-refractivity contribution in [1.29, 1.82) is 0 Å². The summed E-state index contributed by atoms with van der Waals surface area (Å²) >= 11 is 0. The second-order valence-corrected chi connectivity index (χ2v) is 6.10. The largest absolute Gasteiger partial charge is 0.354 e. The van der Waals surface area contributed by atoms with Gasteiger partial charge in [-0.1, -0.05) is 58.3 Å². The Hall–Kier alpha value is -1.06. The predicted octanol–water partition coefficient (Wildman–Crippen LogP) is 3.26. The molecule has 1 rings (SSSR count). The van der Waals surface area contributed by atoms with Crippen molar-refractivity contribution in [3.8, 4) is 0 Å². The number of rotatable bonds is 10. The zero-order chi connectivity index (χ0) is 15.3. The summed E-state index contributed by atoms with van der Waals surface area (Å²) in [6.07, 6.45) is 12.8. The van der Waals surface area contributed by atoms with Crippen LogP contribution < -0.4 is 5.32 Å². The second-order valence-electron chi connectivity index (χ2n) is 6.10. The summed E-state index contributed by atoms with van der Waals surface area (Å²) in [6, 6.07) is 0. The van der Waals surface area contributed by atoms with E-state index < -0.39 is 0 Å². The van der Waals surface area contributed by atoms with Crippen molar-refractivity contribution in [2.24, 2.45) is 0 Å². The molecule has 0 aliphatic carbocycles. The van der Waals surface area contributed by atoms with Crippen molar-refractivity contribution >= 4 is 11.8 Å². The van der Waals surface area contributed by atoms with Crippen LogP contribution in [0.5, 0.6) is 0 Å². The number of hydrogen-bond donors (Lipinski definition) is 1. The molecular weight excluding hydrogens is 264 g/mol. The van der Waals surface area contributed by atoms with Gasteiger partial charge in [-0.25, -0.2) is 0 Å². The molecule has 0 unspecified atom stereocenters. The lowest BCUT2D eigenvalue weighted by atomic mass is 10.1. The Morgan fingerprint density at radius 1 is 1.05 bits per heavy atom. The first-order valence-electron chi connectivity index (χ1n) is 8.78. The topological polar surface area (TPSA) is 49.4 Å². The lowest BCUT2D eigenvalue weighted by molar-refractivity contribution is -0.135. The zero-order valence-electron chi connectivity index (χ0n) is 13.7. The third kappa shape index (κ3) is 8.74. The number of nitrogens with zero attached hydrogens (tertiary/aromatic N) is 1. The average Bonchev–Trinajstić information content (AvgIpc) is 2.70. The van der Waals surface area contributed by atoms with Crippen molar-refractivity contribution in [3.05, 3.63) is 0 Å². The molecule has 1 fully saturated rings. The van der Waals surface area contributed by atoms with Gasteiger partial charge in [0.15, 0.2) is 0 Å². The second kappa shape index (κ2) is 11.6. The Bertz CT molecular complexity index is 305. The fraction of sp³-hybridized carbons (Fsp3) is 0.882. The van der Waals surface area contributed by atoms with Crippen LogP contribution in [-0.4, -0.2) is 36.3 Å². The van der Waals surface area contributed by atoms with Crippen LogP contribution in [0, 0.1) is 0 Å². The Balaban J connectivity index is 1.99. The van der Waals surface area contributed by atoms with Crippen LogP contribution in [0.2, 0.25) is 0 Å². The van der Waals surface area contributed by atoms with E-state index in [-0.39, 0.29) is 18.4 Å². The van der Waals surface area contributed by atoms with Gasteiger partial charge in [-0.2, -0.15) is 0 Å². The van der Waals surface area contributed by atoms with E-state index in [0.29, 0.717) is 13.0 Å². The maximum atomic E-state index is 12.0. The first-order chi connectivity index (χ1) is 10.2. The minimum Gasteiger partial charge on any atom is -0.354 e. The van der Waals surface area contributed by atoms with Crippen molar-refractivity contribution in [2.45, 2.75) is 77.6 Å². The van der Waals surface area contributed by atoms with Crippen LogP contribution in [0.3, 0.4) is 0 Å². The molecule has 0 radical (unpaired) electrons. The first-order valence-corrected chi connectivity index (χ1v) is 8.78. The molecule has 4 nitrogen and oxygen atoms in total. The van der Waals surface area contributed by atoms with Gasteiger partial charge in [0.05, 0.1) is 6.54 Å². The standard InChI is InChI=1S/C17H32N2O2/c1-2-3-4-5-6-7-8-9-10-12-17(21)19-14-11-13-18-16(20)15-19/h2-15H2,1H3,(H,18,20). The molecule has 4 heteroatoms. The molecule has 0 aromatic heterocycles. The summed E-state index contributed by atoms with van der Waals surface area (Å²) in [6.45, 7) is 3.90. The van der Waals surface area contributed by atoms with Gasteiger partial charge >= 0.3 is 0 Å². The van der Waals surface area contributed by atoms with Crippen LogP contribution >= 0.6 is 0 Å². The SMILES string of the molecule is CCCCCCCCCCCC(=O)N1CCCNC(=O)C1. The van der Waals surface area contributed by atoms with Crippen LogP contribution in [0.25, 0.3) is 0 Å². The minimum absolute atomic E-state index is 0.0204. The van der Waals surface area contributed by atoms with E-state index in [1.54, 1.807) is 4.90 Å². The number of unbranched alkanes of at least 4 members (excludes halogenated alkanes) is 8. The van der Waals surface area contributed by atoms with E-state index in [9.17, 15) is 9.59 Å². The van der Waals surface area contributed by atoms with Gasteiger partial charge in [0.25, 0.3) is 0 Å². The van der Waals surface area contributed by atoms with Crippen molar-refractivity contribution in [3.63, 3.8) is 0 Å². The number of amides is 2. The van der Waals surface area contributed by atoms with Crippen LogP contribution in [-0.2, 0) is 9.59 Å². The summed E-state index contributed by atoms with van der Waals surface area (Å²) in [4.78, 5) is 25.2. The highest BCUT2D eigenvalue weighted by Gasteiger charge is 2.18. The van der Waals surface area contributed by atoms with Crippen molar-refractivity contribution in [2.75, 3.05) is 19.6 Å². The lowest BCUT2D eigenvalue weighted by Crippen LogP contribution is -2.37. The maximum absolute atomic E-state index is 12.0. The monoisotopic (exact) mass is 296 g/mol. The highest BCUT2D eigenvalue weighted by molar-refractivity contribution is 5.85. The molecule has 1 N–H and O–H groups in total. The third-order valence-corrected chi connectivity index (χ3v) is 4.11. The van der Waals surface area contributed by atoms with Crippen LogP contribution in [0.15, 0.2) is 0 Å². The van der Waals surface area contributed by atoms with E-state index in [2.05, 4.69) is 12.2 Å². The average molecular weight is 296 g/mol. The smallest absolute Gasteiger partial charge is 0.239 e. The molecule has 0 atom stereocenters. The van der Waals surface area contributed by atoms with E-state index in [1.165, 1.54) is 44.9 Å². The summed E-state index contributed by atoms with van der Waals surface area (Å²) in [5, 5.41) is 2.80. The lowest BCUT2D eigenvalue weighted by Gasteiger charge is -2.18. The molecule has 0 saturated carbocycles. The van der Waals surface area contributed by atoms with Gasteiger partial charge in [-0.15, -0.1) is 0 Å². The Morgan fingerprint density at radius 3 is 2.33 bits per heavy atom. The normalized spacial score (nSPS) is 15.7. The molecule has 21 heavy (non-hydrogen) atoms. The highest BCUT2D eigenvalue weighted by Crippen LogP contribution is 2.11. The van der Waals surface area contributed by atoms with E-state index in [4.69, 9.17) is 0 Å². The summed E-state index contributed by atoms with van der Waals surface area (Å²) in [7, 11) is 0. The minimum atomic E-state index is -0.0204. The fourth-order valence-electron chi connectivity index (χ4n) is 2.76. The molecular formula is C17H32N2O2. The molecule has 122 valence electrons. The van der Waals surface area contributed by atoms with Gasteiger partial charge in [-0.3, -0.25) is 9.59 Å². The molecule has 2 amide bonds. The summed E-state index contributed by atoms with van der Waals surface area (Å²) in [5.41, 5.74) is 0. The van der Waals surface area contributed by atoms with Crippen LogP contribution in [0.1, 0.15) is 77.6 Å². The maximum Gasteiger partial charge on any atom is 0.239 e. The Kier molecular flexibility index (Phi) is 9.92. The molecule has 1 aliphatic heterocycles. The van der Waals surface area contributed by atoms with E-state index in [0.717, 1.165) is 25.8 Å². The number of carbonyl (C=O) groups excluding carboxylic acids is 2. The number of nitrogens with one attached hydrogen (secondary N) is 1. The molecule has 1 heterocycles. The van der Waals surface area contributed by atoms with Crippen LogP contribution in [0.4, 0.5) is 0 Å². The molecule has 1 saturated heterocycles. The first kappa shape index (κ1) is 18.0. The van der Waals surface area contributed by atoms with E-state index >= 15 is 0 Å². The van der Waals surface area contributed by atoms with Gasteiger partial charge in [0, 0.05) is 19.5 Å². The van der Waals surface area contributed by atoms with E-state index in [1.807, 2.05) is 0 Å². The molecule has 0 bridgehead atoms. The van der Waals surface area contributed by atoms with Gasteiger partial charge in [-0.05, 0) is 12.8 Å². The molecule has 0 aromatic rings. The fourth-order valence-corrected chi connectivity index (χ4v) is 2.76. The summed E-state index contributed by atoms with van der Waals surface area (Å²) < 4.78 is 0. The van der Waals surface area contributed by atoms with Gasteiger partial charge in [0.2, 0.25) is 11.8 Å². The molecule has 1 aliphatic rings. The Labute approximate surface area is 129 Å². The van der Waals surface area contributed by atoms with Gasteiger partial charge in [0.1, 0.15) is 0 Å². The predicted molar refractivity (Wildman–Crippen MR) is 86.1 cm³/mol. The van der Waals surface area contributed by atoms with Crippen molar-refractivity contribution < 1.29 is 9.59 Å². The highest BCUT2D eigenvalue weighted by atomic mass is 16.2. The van der Waals surface area contributed by atoms with Gasteiger partial charge < -0.3 is 10.2 Å². The van der Waals surface area contributed by atoms with Crippen molar-refractivity contribution in [1.82, 2.24) is 10.2 Å². The Morgan fingerprint density at radius 2 is 1.67 bits per heavy atom. The third-order valence-electron chi connectivity index (χ3n) is 4.11. The summed E-state index contributed by atoms with van der Waals surface area (Å²) in [5.74, 6) is 0.128. The number of carbonyl (C=O) groups is 2. The molecule has 0 spiro atoms. The zero-order valence-corrected chi connectivity index (χ0v) is 13.7. The number of hydrogen-bond acceptors (Lipinski definition) is 2. The molecule has 0 aromatic carbocycles. The quantitative estimate of drug-likeness (QED) is 0.629.